The average Bonchev–Trinajstić information content (AvgIpc) is 2.54. The first-order valence-electron chi connectivity index (χ1n) is 8.87. The van der Waals surface area contributed by atoms with Gasteiger partial charge in [0.05, 0.1) is 5.69 Å². The lowest BCUT2D eigenvalue weighted by molar-refractivity contribution is 0.395. The molecule has 0 fully saturated rings. The molecule has 1 heterocycles. The number of rotatable bonds is 2. The van der Waals surface area contributed by atoms with Gasteiger partial charge in [-0.3, -0.25) is 4.99 Å². The maximum atomic E-state index is 4.70. The summed E-state index contributed by atoms with van der Waals surface area (Å²) < 4.78 is 1.12. The van der Waals surface area contributed by atoms with Crippen LogP contribution in [0.2, 0.25) is 0 Å². The predicted molar refractivity (Wildman–Crippen MR) is 113 cm³/mol. The monoisotopic (exact) mass is 398 g/mol. The molecule has 0 bridgehead atoms. The Morgan fingerprint density at radius 3 is 2.56 bits per heavy atom. The largest absolute Gasteiger partial charge is 0.369 e. The summed E-state index contributed by atoms with van der Waals surface area (Å²) in [5.41, 5.74) is 7.66. The van der Waals surface area contributed by atoms with E-state index in [0.29, 0.717) is 5.92 Å². The summed E-state index contributed by atoms with van der Waals surface area (Å²) in [5.74, 6) is 0.559. The first kappa shape index (κ1) is 18.2. The van der Waals surface area contributed by atoms with E-state index < -0.39 is 0 Å². The highest BCUT2D eigenvalue weighted by Crippen LogP contribution is 2.43. The molecule has 1 unspecified atom stereocenters. The van der Waals surface area contributed by atoms with E-state index in [-0.39, 0.29) is 5.54 Å². The van der Waals surface area contributed by atoms with Gasteiger partial charge in [-0.05, 0) is 92.6 Å². The molecule has 1 aliphatic rings. The molecule has 3 rings (SSSR count). The van der Waals surface area contributed by atoms with Crippen molar-refractivity contribution in [2.24, 2.45) is 4.99 Å². The number of halogens is 1. The molecule has 1 atom stereocenters. The van der Waals surface area contributed by atoms with Crippen LogP contribution in [0.25, 0.3) is 0 Å². The SMILES string of the molecule is Cc1cc(N=Cc2cc3c(cc2C)N(C)C(C)(C)CC3C)ccc1Br. The van der Waals surface area contributed by atoms with Gasteiger partial charge in [0.1, 0.15) is 0 Å². The van der Waals surface area contributed by atoms with Gasteiger partial charge in [-0.2, -0.15) is 0 Å². The summed E-state index contributed by atoms with van der Waals surface area (Å²) >= 11 is 3.54. The van der Waals surface area contributed by atoms with Crippen molar-refractivity contribution in [3.63, 3.8) is 0 Å². The number of aliphatic imine (C=N–C) groups is 1. The fraction of sp³-hybridized carbons (Fsp3) is 0.409. The van der Waals surface area contributed by atoms with E-state index in [4.69, 9.17) is 4.99 Å². The maximum absolute atomic E-state index is 4.70. The number of hydrogen-bond acceptors (Lipinski definition) is 2. The lowest BCUT2D eigenvalue weighted by Crippen LogP contribution is -2.45. The van der Waals surface area contributed by atoms with E-state index in [1.165, 1.54) is 34.4 Å². The third-order valence-electron chi connectivity index (χ3n) is 5.52. The Bertz CT molecular complexity index is 836. The molecule has 0 amide bonds. The molecule has 0 N–H and O–H groups in total. The van der Waals surface area contributed by atoms with Crippen LogP contribution in [0.1, 0.15) is 55.4 Å². The molecule has 0 saturated carbocycles. The molecule has 0 radical (unpaired) electrons. The number of anilines is 1. The highest BCUT2D eigenvalue weighted by Gasteiger charge is 2.34. The molecular weight excluding hydrogens is 372 g/mol. The number of hydrogen-bond donors (Lipinski definition) is 0. The molecule has 2 nitrogen and oxygen atoms in total. The third kappa shape index (κ3) is 3.52. The molecule has 2 aromatic rings. The zero-order valence-corrected chi connectivity index (χ0v) is 17.6. The second-order valence-electron chi connectivity index (χ2n) is 7.94. The third-order valence-corrected chi connectivity index (χ3v) is 6.41. The Labute approximate surface area is 160 Å². The zero-order chi connectivity index (χ0) is 18.4. The van der Waals surface area contributed by atoms with E-state index in [9.17, 15) is 0 Å². The minimum atomic E-state index is 0.198. The predicted octanol–water partition coefficient (Wildman–Crippen LogP) is 6.54. The molecule has 132 valence electrons. The van der Waals surface area contributed by atoms with Crippen molar-refractivity contribution in [1.29, 1.82) is 0 Å². The van der Waals surface area contributed by atoms with E-state index in [1.54, 1.807) is 0 Å². The van der Waals surface area contributed by atoms with Crippen molar-refractivity contribution in [2.75, 3.05) is 11.9 Å². The van der Waals surface area contributed by atoms with Crippen LogP contribution in [-0.2, 0) is 0 Å². The summed E-state index contributed by atoms with van der Waals surface area (Å²) in [6.45, 7) is 11.3. The Morgan fingerprint density at radius 2 is 1.88 bits per heavy atom. The normalized spacial score (nSPS) is 19.3. The molecule has 2 aromatic carbocycles. The van der Waals surface area contributed by atoms with E-state index >= 15 is 0 Å². The number of benzene rings is 2. The molecule has 3 heteroatoms. The van der Waals surface area contributed by atoms with Crippen molar-refractivity contribution < 1.29 is 0 Å². The molecule has 0 saturated heterocycles. The maximum Gasteiger partial charge on any atom is 0.0633 e. The Hall–Kier alpha value is -1.61. The molecular formula is C22H27BrN2. The van der Waals surface area contributed by atoms with Gasteiger partial charge in [-0.25, -0.2) is 0 Å². The van der Waals surface area contributed by atoms with Gasteiger partial charge in [0.25, 0.3) is 0 Å². The van der Waals surface area contributed by atoms with Crippen molar-refractivity contribution in [2.45, 2.75) is 52.5 Å². The second kappa shape index (κ2) is 6.60. The number of aryl methyl sites for hydroxylation is 2. The minimum absolute atomic E-state index is 0.198. The lowest BCUT2D eigenvalue weighted by atomic mass is 9.79. The van der Waals surface area contributed by atoms with Gasteiger partial charge in [0.2, 0.25) is 0 Å². The zero-order valence-electron chi connectivity index (χ0n) is 16.0. The fourth-order valence-electron chi connectivity index (χ4n) is 3.73. The van der Waals surface area contributed by atoms with Gasteiger partial charge in [-0.15, -0.1) is 0 Å². The lowest BCUT2D eigenvalue weighted by Gasteiger charge is -2.45. The van der Waals surface area contributed by atoms with Crippen LogP contribution < -0.4 is 4.90 Å². The fourth-order valence-corrected chi connectivity index (χ4v) is 3.97. The smallest absolute Gasteiger partial charge is 0.0633 e. The van der Waals surface area contributed by atoms with Crippen molar-refractivity contribution in [3.8, 4) is 0 Å². The van der Waals surface area contributed by atoms with Crippen LogP contribution in [0.15, 0.2) is 39.8 Å². The van der Waals surface area contributed by atoms with E-state index in [2.05, 4.69) is 86.8 Å². The highest BCUT2D eigenvalue weighted by molar-refractivity contribution is 9.10. The Balaban J connectivity index is 1.98. The first-order valence-corrected chi connectivity index (χ1v) is 9.67. The second-order valence-corrected chi connectivity index (χ2v) is 8.79. The van der Waals surface area contributed by atoms with Crippen molar-refractivity contribution in [1.82, 2.24) is 0 Å². The highest BCUT2D eigenvalue weighted by atomic mass is 79.9. The molecule has 0 aliphatic carbocycles. The average molecular weight is 399 g/mol. The minimum Gasteiger partial charge on any atom is -0.369 e. The summed E-state index contributed by atoms with van der Waals surface area (Å²) in [6.07, 6.45) is 3.17. The van der Waals surface area contributed by atoms with Crippen LogP contribution in [0.4, 0.5) is 11.4 Å². The standard InChI is InChI=1S/C22H27BrN2/c1-14-10-21-19(16(3)12-22(4,5)25(21)6)11-17(14)13-24-18-7-8-20(23)15(2)9-18/h7-11,13,16H,12H2,1-6H3. The Morgan fingerprint density at radius 1 is 1.16 bits per heavy atom. The summed E-state index contributed by atoms with van der Waals surface area (Å²) in [7, 11) is 2.21. The van der Waals surface area contributed by atoms with Gasteiger partial charge >= 0.3 is 0 Å². The molecule has 1 aliphatic heterocycles. The summed E-state index contributed by atoms with van der Waals surface area (Å²) in [5, 5.41) is 0. The quantitative estimate of drug-likeness (QED) is 0.524. The van der Waals surface area contributed by atoms with Crippen LogP contribution in [0.5, 0.6) is 0 Å². The molecule has 25 heavy (non-hydrogen) atoms. The van der Waals surface area contributed by atoms with Crippen LogP contribution >= 0.6 is 15.9 Å². The van der Waals surface area contributed by atoms with E-state index in [1.807, 2.05) is 12.3 Å². The van der Waals surface area contributed by atoms with E-state index in [0.717, 1.165) is 10.2 Å². The van der Waals surface area contributed by atoms with Crippen molar-refractivity contribution >= 4 is 33.5 Å². The van der Waals surface area contributed by atoms with Gasteiger partial charge in [0.15, 0.2) is 0 Å². The Kier molecular flexibility index (Phi) is 4.80. The van der Waals surface area contributed by atoms with Gasteiger partial charge < -0.3 is 4.90 Å². The topological polar surface area (TPSA) is 15.6 Å². The van der Waals surface area contributed by atoms with Gasteiger partial charge in [-0.1, -0.05) is 22.9 Å². The van der Waals surface area contributed by atoms with Gasteiger partial charge in [0, 0.05) is 29.0 Å². The number of fused-ring (bicyclic) bond motifs is 1. The van der Waals surface area contributed by atoms with Crippen LogP contribution in [-0.4, -0.2) is 18.8 Å². The number of nitrogens with zero attached hydrogens (tertiary/aromatic N) is 2. The summed E-state index contributed by atoms with van der Waals surface area (Å²) in [6, 6.07) is 10.9. The van der Waals surface area contributed by atoms with Crippen LogP contribution in [0.3, 0.4) is 0 Å². The summed E-state index contributed by atoms with van der Waals surface area (Å²) in [4.78, 5) is 7.13. The van der Waals surface area contributed by atoms with Crippen molar-refractivity contribution in [3.05, 3.63) is 57.1 Å². The first-order chi connectivity index (χ1) is 11.7. The molecule has 0 aromatic heterocycles. The molecule has 0 spiro atoms. The van der Waals surface area contributed by atoms with Crippen LogP contribution in [0, 0.1) is 13.8 Å².